The second-order valence-electron chi connectivity index (χ2n) is 6.21. The van der Waals surface area contributed by atoms with Crippen LogP contribution >= 0.6 is 0 Å². The van der Waals surface area contributed by atoms with Crippen molar-refractivity contribution in [1.29, 1.82) is 0 Å². The van der Waals surface area contributed by atoms with E-state index in [1.165, 1.54) is 4.90 Å². The first-order valence-electron chi connectivity index (χ1n) is 7.00. The van der Waals surface area contributed by atoms with E-state index in [0.29, 0.717) is 17.6 Å². The fourth-order valence-electron chi connectivity index (χ4n) is 3.26. The molecule has 1 aromatic heterocycles. The molecule has 1 unspecified atom stereocenters. The third kappa shape index (κ3) is 2.41. The van der Waals surface area contributed by atoms with E-state index >= 15 is 0 Å². The number of likely N-dealkylation sites (tertiary alicyclic amines) is 1. The van der Waals surface area contributed by atoms with Crippen LogP contribution in [0.5, 0.6) is 0 Å². The lowest BCUT2D eigenvalue weighted by Crippen LogP contribution is -2.51. The number of rotatable bonds is 1. The summed E-state index contributed by atoms with van der Waals surface area (Å²) >= 11 is 0. The van der Waals surface area contributed by atoms with Gasteiger partial charge in [0.1, 0.15) is 0 Å². The summed E-state index contributed by atoms with van der Waals surface area (Å²) in [4.78, 5) is 26.6. The highest BCUT2D eigenvalue weighted by molar-refractivity contribution is 5.73. The first-order chi connectivity index (χ1) is 9.87. The number of carboxylic acid groups (broad SMARTS) is 1. The van der Waals surface area contributed by atoms with E-state index in [0.717, 1.165) is 18.4 Å². The number of aromatic amines is 1. The van der Waals surface area contributed by atoms with Gasteiger partial charge >= 0.3 is 11.8 Å². The van der Waals surface area contributed by atoms with E-state index < -0.39 is 17.4 Å². The lowest BCUT2D eigenvalue weighted by molar-refractivity contribution is 0.0606. The minimum Gasteiger partial charge on any atom is -0.465 e. The van der Waals surface area contributed by atoms with Crippen molar-refractivity contribution < 1.29 is 14.3 Å². The molecule has 3 rings (SSSR count). The molecule has 2 heterocycles. The summed E-state index contributed by atoms with van der Waals surface area (Å²) in [6.07, 6.45) is 0.653. The van der Waals surface area contributed by atoms with Crippen LogP contribution in [0.25, 0.3) is 11.1 Å². The number of nitrogens with one attached hydrogen (secondary N) is 1. The zero-order valence-electron chi connectivity index (χ0n) is 12.0. The molecule has 1 aliphatic heterocycles. The maximum absolute atomic E-state index is 11.3. The van der Waals surface area contributed by atoms with Gasteiger partial charge in [-0.1, -0.05) is 6.07 Å². The average Bonchev–Trinajstić information content (AvgIpc) is 2.75. The smallest absolute Gasteiger partial charge is 0.417 e. The molecule has 1 amide bonds. The van der Waals surface area contributed by atoms with Crippen LogP contribution in [0, 0.1) is 0 Å². The molecular weight excluding hydrogens is 272 g/mol. The van der Waals surface area contributed by atoms with Crippen LogP contribution in [0.3, 0.4) is 0 Å². The molecule has 0 radical (unpaired) electrons. The van der Waals surface area contributed by atoms with Gasteiger partial charge in [-0.2, -0.15) is 0 Å². The molecule has 1 atom stereocenters. The summed E-state index contributed by atoms with van der Waals surface area (Å²) in [7, 11) is 0. The number of aromatic nitrogens is 1. The first-order valence-corrected chi connectivity index (χ1v) is 7.00. The van der Waals surface area contributed by atoms with Crippen LogP contribution in [-0.2, 0) is 0 Å². The molecule has 21 heavy (non-hydrogen) atoms. The van der Waals surface area contributed by atoms with Gasteiger partial charge in [-0.05, 0) is 50.3 Å². The fourth-order valence-corrected chi connectivity index (χ4v) is 3.26. The number of carbonyl (C=O) groups is 1. The summed E-state index contributed by atoms with van der Waals surface area (Å²) in [6.45, 7) is 4.41. The van der Waals surface area contributed by atoms with Gasteiger partial charge < -0.3 is 14.4 Å². The van der Waals surface area contributed by atoms with Crippen molar-refractivity contribution in [1.82, 2.24) is 9.88 Å². The monoisotopic (exact) mass is 290 g/mol. The van der Waals surface area contributed by atoms with Crippen molar-refractivity contribution in [2.24, 2.45) is 0 Å². The number of benzene rings is 1. The van der Waals surface area contributed by atoms with Crippen LogP contribution in [0.1, 0.15) is 38.2 Å². The number of hydrogen-bond donors (Lipinski definition) is 2. The minimum absolute atomic E-state index is 0.264. The average molecular weight is 290 g/mol. The molecule has 112 valence electrons. The van der Waals surface area contributed by atoms with Gasteiger partial charge in [0.05, 0.1) is 5.52 Å². The van der Waals surface area contributed by atoms with Gasteiger partial charge in [0.15, 0.2) is 5.58 Å². The van der Waals surface area contributed by atoms with Gasteiger partial charge in [-0.3, -0.25) is 4.98 Å². The Labute approximate surface area is 121 Å². The summed E-state index contributed by atoms with van der Waals surface area (Å²) in [6, 6.07) is 5.70. The van der Waals surface area contributed by atoms with E-state index in [2.05, 4.69) is 4.98 Å². The quantitative estimate of drug-likeness (QED) is 0.845. The Balaban J connectivity index is 1.89. The SMILES string of the molecule is CC1(C)CC(c2ccc3[nH]c(=O)oc3c2)CCN1C(=O)O. The van der Waals surface area contributed by atoms with Crippen molar-refractivity contribution in [3.8, 4) is 0 Å². The largest absolute Gasteiger partial charge is 0.465 e. The highest BCUT2D eigenvalue weighted by Crippen LogP contribution is 2.38. The Morgan fingerprint density at radius 2 is 2.24 bits per heavy atom. The molecule has 0 bridgehead atoms. The van der Waals surface area contributed by atoms with Crippen molar-refractivity contribution in [2.45, 2.75) is 38.1 Å². The number of piperidine rings is 1. The second kappa shape index (κ2) is 4.65. The molecule has 6 nitrogen and oxygen atoms in total. The third-order valence-corrected chi connectivity index (χ3v) is 4.33. The minimum atomic E-state index is -0.870. The maximum atomic E-state index is 11.3. The summed E-state index contributed by atoms with van der Waals surface area (Å²) in [5, 5.41) is 9.25. The van der Waals surface area contributed by atoms with Crippen molar-refractivity contribution >= 4 is 17.2 Å². The normalized spacial score (nSPS) is 21.6. The van der Waals surface area contributed by atoms with Crippen LogP contribution < -0.4 is 5.76 Å². The predicted molar refractivity (Wildman–Crippen MR) is 77.6 cm³/mol. The molecule has 0 spiro atoms. The van der Waals surface area contributed by atoms with Crippen LogP contribution in [0.4, 0.5) is 4.79 Å². The van der Waals surface area contributed by atoms with Gasteiger partial charge in [0, 0.05) is 12.1 Å². The standard InChI is InChI=1S/C15H18N2O4/c1-15(2)8-10(5-6-17(15)14(19)20)9-3-4-11-12(7-9)21-13(18)16-11/h3-4,7,10H,5-6,8H2,1-2H3,(H,16,18)(H,19,20). The molecular formula is C15H18N2O4. The van der Waals surface area contributed by atoms with E-state index in [-0.39, 0.29) is 5.92 Å². The van der Waals surface area contributed by atoms with E-state index in [9.17, 15) is 14.7 Å². The zero-order chi connectivity index (χ0) is 15.2. The van der Waals surface area contributed by atoms with Crippen LogP contribution in [-0.4, -0.2) is 33.2 Å². The number of oxazole rings is 1. The zero-order valence-corrected chi connectivity index (χ0v) is 12.0. The molecule has 2 N–H and O–H groups in total. The van der Waals surface area contributed by atoms with Gasteiger partial charge in [-0.25, -0.2) is 9.59 Å². The molecule has 1 saturated heterocycles. The van der Waals surface area contributed by atoms with Crippen molar-refractivity contribution in [3.63, 3.8) is 0 Å². The maximum Gasteiger partial charge on any atom is 0.417 e. The molecule has 0 saturated carbocycles. The number of fused-ring (bicyclic) bond motifs is 1. The van der Waals surface area contributed by atoms with Crippen molar-refractivity contribution in [2.75, 3.05) is 6.54 Å². The number of nitrogens with zero attached hydrogens (tertiary/aromatic N) is 1. The summed E-state index contributed by atoms with van der Waals surface area (Å²) in [5.74, 6) is -0.191. The van der Waals surface area contributed by atoms with E-state index in [4.69, 9.17) is 4.42 Å². The van der Waals surface area contributed by atoms with Gasteiger partial charge in [-0.15, -0.1) is 0 Å². The van der Waals surface area contributed by atoms with Crippen LogP contribution in [0.15, 0.2) is 27.4 Å². The number of hydrogen-bond acceptors (Lipinski definition) is 3. The Morgan fingerprint density at radius 3 is 2.90 bits per heavy atom. The molecule has 1 aromatic carbocycles. The van der Waals surface area contributed by atoms with Crippen LogP contribution in [0.2, 0.25) is 0 Å². The predicted octanol–water partition coefficient (Wildman–Crippen LogP) is 2.76. The van der Waals surface area contributed by atoms with E-state index in [1.807, 2.05) is 32.0 Å². The molecule has 6 heteroatoms. The molecule has 2 aromatic rings. The lowest BCUT2D eigenvalue weighted by Gasteiger charge is -2.44. The Bertz CT molecular complexity index is 743. The topological polar surface area (TPSA) is 86.5 Å². The van der Waals surface area contributed by atoms with Crippen molar-refractivity contribution in [3.05, 3.63) is 34.3 Å². The molecule has 1 aliphatic rings. The van der Waals surface area contributed by atoms with Gasteiger partial charge in [0.2, 0.25) is 0 Å². The Kier molecular flexibility index (Phi) is 3.04. The Hall–Kier alpha value is -2.24. The highest BCUT2D eigenvalue weighted by Gasteiger charge is 2.38. The van der Waals surface area contributed by atoms with Gasteiger partial charge in [0.25, 0.3) is 0 Å². The summed E-state index contributed by atoms with van der Waals surface area (Å²) < 4.78 is 5.10. The summed E-state index contributed by atoms with van der Waals surface area (Å²) in [5.41, 5.74) is 1.92. The first kappa shape index (κ1) is 13.7. The second-order valence-corrected chi connectivity index (χ2v) is 6.21. The van der Waals surface area contributed by atoms with E-state index in [1.54, 1.807) is 0 Å². The number of H-pyrrole nitrogens is 1. The molecule has 0 aliphatic carbocycles. The lowest BCUT2D eigenvalue weighted by atomic mass is 9.79. The third-order valence-electron chi connectivity index (χ3n) is 4.33. The number of amides is 1. The molecule has 1 fully saturated rings. The highest BCUT2D eigenvalue weighted by atomic mass is 16.4. The Morgan fingerprint density at radius 1 is 1.48 bits per heavy atom. The fraction of sp³-hybridized carbons (Fsp3) is 0.467.